The van der Waals surface area contributed by atoms with Crippen LogP contribution in [-0.4, -0.2) is 26.3 Å². The van der Waals surface area contributed by atoms with Crippen molar-refractivity contribution in [2.75, 3.05) is 11.3 Å². The highest BCUT2D eigenvalue weighted by molar-refractivity contribution is 7.93. The van der Waals surface area contributed by atoms with Crippen molar-refractivity contribution in [3.05, 3.63) is 28.0 Å². The van der Waals surface area contributed by atoms with E-state index in [-0.39, 0.29) is 15.7 Å². The van der Waals surface area contributed by atoms with Crippen LogP contribution in [-0.2, 0) is 10.0 Å². The fourth-order valence-corrected chi connectivity index (χ4v) is 3.06. The molecular weight excluding hydrogens is 326 g/mol. The van der Waals surface area contributed by atoms with E-state index in [0.717, 1.165) is 12.8 Å². The quantitative estimate of drug-likeness (QED) is 0.782. The van der Waals surface area contributed by atoms with Gasteiger partial charge in [0.1, 0.15) is 0 Å². The summed E-state index contributed by atoms with van der Waals surface area (Å²) < 4.78 is 39.9. The minimum Gasteiger partial charge on any atom is -0.313 e. The lowest BCUT2D eigenvalue weighted by Gasteiger charge is -2.16. The molecule has 1 unspecified atom stereocenters. The molecule has 0 bridgehead atoms. The Labute approximate surface area is 127 Å². The van der Waals surface area contributed by atoms with Gasteiger partial charge in [0, 0.05) is 12.6 Å². The van der Waals surface area contributed by atoms with E-state index in [2.05, 4.69) is 10.0 Å². The number of hydrogen-bond acceptors (Lipinski definition) is 3. The number of sulfonamides is 1. The van der Waals surface area contributed by atoms with Gasteiger partial charge in [-0.15, -0.1) is 0 Å². The first-order valence-corrected chi connectivity index (χ1v) is 8.49. The number of rotatable bonds is 6. The molecule has 112 valence electrons. The molecule has 0 heterocycles. The summed E-state index contributed by atoms with van der Waals surface area (Å²) in [5, 5.41) is 2.08. The van der Waals surface area contributed by atoms with Gasteiger partial charge in [0.05, 0.1) is 21.0 Å². The van der Waals surface area contributed by atoms with E-state index in [4.69, 9.17) is 23.2 Å². The molecule has 1 fully saturated rings. The highest BCUT2D eigenvalue weighted by atomic mass is 35.5. The van der Waals surface area contributed by atoms with Gasteiger partial charge < -0.3 is 5.32 Å². The average molecular weight is 341 g/mol. The average Bonchev–Trinajstić information content (AvgIpc) is 3.16. The van der Waals surface area contributed by atoms with Crippen molar-refractivity contribution < 1.29 is 12.8 Å². The van der Waals surface area contributed by atoms with E-state index >= 15 is 0 Å². The minimum atomic E-state index is -3.58. The Morgan fingerprint density at radius 2 is 1.90 bits per heavy atom. The first kappa shape index (κ1) is 15.8. The standard InChI is InChI=1S/C12H15Cl2FN2O2S/c1-7(6-16-8-2-3-8)20(18,19)17-9-4-10(13)12(15)11(14)5-9/h4-5,7-8,16-17H,2-3,6H2,1H3. The molecule has 1 aliphatic carbocycles. The van der Waals surface area contributed by atoms with Crippen molar-refractivity contribution in [1.82, 2.24) is 5.32 Å². The summed E-state index contributed by atoms with van der Waals surface area (Å²) in [6.07, 6.45) is 2.17. The summed E-state index contributed by atoms with van der Waals surface area (Å²) >= 11 is 11.3. The molecule has 1 aromatic rings. The lowest BCUT2D eigenvalue weighted by Crippen LogP contribution is -2.35. The minimum absolute atomic E-state index is 0.152. The van der Waals surface area contributed by atoms with Crippen molar-refractivity contribution in [3.8, 4) is 0 Å². The van der Waals surface area contributed by atoms with Crippen LogP contribution in [0.3, 0.4) is 0 Å². The predicted octanol–water partition coefficient (Wildman–Crippen LogP) is 3.01. The predicted molar refractivity (Wildman–Crippen MR) is 79.4 cm³/mol. The molecular formula is C12H15Cl2FN2O2S. The van der Waals surface area contributed by atoms with Crippen molar-refractivity contribution in [2.45, 2.75) is 31.1 Å². The molecule has 8 heteroatoms. The van der Waals surface area contributed by atoms with Crippen LogP contribution in [0.4, 0.5) is 10.1 Å². The van der Waals surface area contributed by atoms with Crippen LogP contribution >= 0.6 is 23.2 Å². The zero-order chi connectivity index (χ0) is 14.9. The molecule has 1 saturated carbocycles. The van der Waals surface area contributed by atoms with Gasteiger partial charge >= 0.3 is 0 Å². The van der Waals surface area contributed by atoms with Gasteiger partial charge in [0.2, 0.25) is 10.0 Å². The Bertz CT molecular complexity index is 582. The third-order valence-corrected chi connectivity index (χ3v) is 5.34. The van der Waals surface area contributed by atoms with Gasteiger partial charge in [-0.05, 0) is 31.9 Å². The third-order valence-electron chi connectivity index (χ3n) is 3.04. The van der Waals surface area contributed by atoms with E-state index < -0.39 is 21.1 Å². The zero-order valence-electron chi connectivity index (χ0n) is 10.8. The molecule has 1 aromatic carbocycles. The molecule has 20 heavy (non-hydrogen) atoms. The molecule has 0 aromatic heterocycles. The van der Waals surface area contributed by atoms with Gasteiger partial charge in [-0.1, -0.05) is 23.2 Å². The van der Waals surface area contributed by atoms with E-state index in [1.54, 1.807) is 6.92 Å². The SMILES string of the molecule is CC(CNC1CC1)S(=O)(=O)Nc1cc(Cl)c(F)c(Cl)c1. The van der Waals surface area contributed by atoms with Gasteiger partial charge in [-0.2, -0.15) is 0 Å². The van der Waals surface area contributed by atoms with Crippen LogP contribution in [0.2, 0.25) is 10.0 Å². The number of anilines is 1. The van der Waals surface area contributed by atoms with Crippen LogP contribution in [0.15, 0.2) is 12.1 Å². The molecule has 0 spiro atoms. The van der Waals surface area contributed by atoms with Crippen LogP contribution in [0.25, 0.3) is 0 Å². The molecule has 4 nitrogen and oxygen atoms in total. The first-order valence-electron chi connectivity index (χ1n) is 6.19. The highest BCUT2D eigenvalue weighted by Crippen LogP contribution is 2.28. The Kier molecular flexibility index (Phi) is 4.79. The highest BCUT2D eigenvalue weighted by Gasteiger charge is 2.26. The summed E-state index contributed by atoms with van der Waals surface area (Å²) in [6, 6.07) is 2.82. The van der Waals surface area contributed by atoms with Crippen molar-refractivity contribution >= 4 is 38.9 Å². The zero-order valence-corrected chi connectivity index (χ0v) is 13.1. The van der Waals surface area contributed by atoms with Crippen LogP contribution in [0.1, 0.15) is 19.8 Å². The molecule has 0 aliphatic heterocycles. The number of halogens is 3. The van der Waals surface area contributed by atoms with Crippen LogP contribution < -0.4 is 10.0 Å². The Balaban J connectivity index is 2.06. The van der Waals surface area contributed by atoms with E-state index in [1.165, 1.54) is 12.1 Å². The lowest BCUT2D eigenvalue weighted by molar-refractivity contribution is 0.576. The Morgan fingerprint density at radius 3 is 2.40 bits per heavy atom. The second kappa shape index (κ2) is 6.05. The number of hydrogen-bond donors (Lipinski definition) is 2. The molecule has 1 aliphatic rings. The van der Waals surface area contributed by atoms with Crippen LogP contribution in [0.5, 0.6) is 0 Å². The summed E-state index contributed by atoms with van der Waals surface area (Å²) in [5.74, 6) is -0.764. The lowest BCUT2D eigenvalue weighted by atomic mass is 10.3. The molecule has 0 radical (unpaired) electrons. The number of benzene rings is 1. The summed E-state index contributed by atoms with van der Waals surface area (Å²) in [4.78, 5) is 0. The van der Waals surface area contributed by atoms with Crippen molar-refractivity contribution in [2.24, 2.45) is 0 Å². The maximum atomic E-state index is 13.3. The molecule has 0 saturated heterocycles. The summed E-state index contributed by atoms with van der Waals surface area (Å²) in [5.41, 5.74) is 0.152. The second-order valence-corrected chi connectivity index (χ2v) is 7.81. The van der Waals surface area contributed by atoms with Crippen LogP contribution in [0, 0.1) is 5.82 Å². The number of nitrogens with one attached hydrogen (secondary N) is 2. The van der Waals surface area contributed by atoms with Gasteiger partial charge in [0.15, 0.2) is 5.82 Å². The fraction of sp³-hybridized carbons (Fsp3) is 0.500. The fourth-order valence-electron chi connectivity index (χ4n) is 1.61. The van der Waals surface area contributed by atoms with Gasteiger partial charge in [-0.3, -0.25) is 4.72 Å². The maximum absolute atomic E-state index is 13.3. The Hall–Kier alpha value is -0.560. The molecule has 1 atom stereocenters. The molecule has 0 amide bonds. The molecule has 2 rings (SSSR count). The van der Waals surface area contributed by atoms with E-state index in [0.29, 0.717) is 12.6 Å². The van der Waals surface area contributed by atoms with Crippen molar-refractivity contribution in [1.29, 1.82) is 0 Å². The Morgan fingerprint density at radius 1 is 1.35 bits per heavy atom. The normalized spacial score (nSPS) is 17.0. The third kappa shape index (κ3) is 3.97. The summed E-state index contributed by atoms with van der Waals surface area (Å²) in [6.45, 7) is 1.97. The molecule has 2 N–H and O–H groups in total. The second-order valence-electron chi connectivity index (χ2n) is 4.89. The van der Waals surface area contributed by atoms with E-state index in [9.17, 15) is 12.8 Å². The smallest absolute Gasteiger partial charge is 0.236 e. The summed E-state index contributed by atoms with van der Waals surface area (Å²) in [7, 11) is -3.58. The maximum Gasteiger partial charge on any atom is 0.236 e. The van der Waals surface area contributed by atoms with Gasteiger partial charge in [-0.25, -0.2) is 12.8 Å². The van der Waals surface area contributed by atoms with Gasteiger partial charge in [0.25, 0.3) is 0 Å². The van der Waals surface area contributed by atoms with Crippen molar-refractivity contribution in [3.63, 3.8) is 0 Å². The monoisotopic (exact) mass is 340 g/mol. The first-order chi connectivity index (χ1) is 9.29. The largest absolute Gasteiger partial charge is 0.313 e. The van der Waals surface area contributed by atoms with E-state index in [1.807, 2.05) is 0 Å². The topological polar surface area (TPSA) is 58.2 Å².